The molecule has 4 rings (SSSR count). The molecule has 1 aliphatic heterocycles. The second-order valence-corrected chi connectivity index (χ2v) is 5.28. The van der Waals surface area contributed by atoms with Gasteiger partial charge in [-0.05, 0) is 42.3 Å². The first-order valence-electron chi connectivity index (χ1n) is 6.36. The molecule has 2 nitrogen and oxygen atoms in total. The summed E-state index contributed by atoms with van der Waals surface area (Å²) in [4.78, 5) is 0. The van der Waals surface area contributed by atoms with Crippen LogP contribution in [0.15, 0.2) is 46.9 Å². The Hall–Kier alpha value is -1.93. The fourth-order valence-corrected chi connectivity index (χ4v) is 2.78. The predicted octanol–water partition coefficient (Wildman–Crippen LogP) is 4.72. The van der Waals surface area contributed by atoms with Crippen molar-refractivity contribution in [3.63, 3.8) is 0 Å². The Morgan fingerprint density at radius 2 is 2.00 bits per heavy atom. The zero-order valence-corrected chi connectivity index (χ0v) is 11.0. The van der Waals surface area contributed by atoms with Gasteiger partial charge in [-0.2, -0.15) is 0 Å². The van der Waals surface area contributed by atoms with Crippen molar-refractivity contribution in [3.8, 4) is 11.3 Å². The Bertz CT molecular complexity index is 776. The number of halogens is 1. The molecule has 94 valence electrons. The lowest BCUT2D eigenvalue weighted by Gasteiger charge is -2.02. The number of rotatable bonds is 1. The summed E-state index contributed by atoms with van der Waals surface area (Å²) in [5.74, 6) is 0.883. The average Bonchev–Trinajstić information content (AvgIpc) is 3.02. The second kappa shape index (κ2) is 4.04. The Labute approximate surface area is 116 Å². The average molecular weight is 270 g/mol. The van der Waals surface area contributed by atoms with Gasteiger partial charge >= 0.3 is 0 Å². The van der Waals surface area contributed by atoms with E-state index in [0.29, 0.717) is 0 Å². The first-order chi connectivity index (χ1) is 9.29. The summed E-state index contributed by atoms with van der Waals surface area (Å²) in [7, 11) is 0. The van der Waals surface area contributed by atoms with Gasteiger partial charge in [-0.25, -0.2) is 0 Å². The maximum atomic E-state index is 6.00. The summed E-state index contributed by atoms with van der Waals surface area (Å²) >= 11 is 6.00. The highest BCUT2D eigenvalue weighted by molar-refractivity contribution is 6.31. The molecule has 1 aliphatic rings. The van der Waals surface area contributed by atoms with E-state index in [1.807, 2.05) is 24.3 Å². The number of furan rings is 1. The van der Waals surface area contributed by atoms with Gasteiger partial charge in [0.05, 0.1) is 0 Å². The molecule has 0 unspecified atom stereocenters. The Morgan fingerprint density at radius 1 is 1.05 bits per heavy atom. The number of fused-ring (bicyclic) bond motifs is 2. The van der Waals surface area contributed by atoms with Crippen LogP contribution in [0.4, 0.5) is 5.69 Å². The Balaban J connectivity index is 1.85. The molecule has 19 heavy (non-hydrogen) atoms. The molecule has 0 saturated carbocycles. The summed E-state index contributed by atoms with van der Waals surface area (Å²) in [6, 6.07) is 14.2. The number of hydrogen-bond donors (Lipinski definition) is 1. The fourth-order valence-electron chi connectivity index (χ4n) is 2.60. The van der Waals surface area contributed by atoms with E-state index >= 15 is 0 Å². The van der Waals surface area contributed by atoms with Crippen LogP contribution in [0.3, 0.4) is 0 Å². The third-order valence-corrected chi connectivity index (χ3v) is 3.82. The van der Waals surface area contributed by atoms with Crippen LogP contribution < -0.4 is 5.32 Å². The van der Waals surface area contributed by atoms with Crippen molar-refractivity contribution >= 4 is 28.3 Å². The largest absolute Gasteiger partial charge is 0.456 e. The van der Waals surface area contributed by atoms with Crippen LogP contribution >= 0.6 is 11.6 Å². The molecule has 0 fully saturated rings. The molecule has 3 aromatic rings. The van der Waals surface area contributed by atoms with Crippen LogP contribution in [0.25, 0.3) is 22.3 Å². The highest BCUT2D eigenvalue weighted by Crippen LogP contribution is 2.33. The topological polar surface area (TPSA) is 25.2 Å². The molecular formula is C16H12ClNO. The third kappa shape index (κ3) is 1.80. The quantitative estimate of drug-likeness (QED) is 0.691. The van der Waals surface area contributed by atoms with E-state index in [2.05, 4.69) is 23.5 Å². The van der Waals surface area contributed by atoms with Crippen LogP contribution in [0.1, 0.15) is 5.56 Å². The number of benzene rings is 2. The van der Waals surface area contributed by atoms with Gasteiger partial charge in [0.25, 0.3) is 0 Å². The van der Waals surface area contributed by atoms with Crippen LogP contribution in [0, 0.1) is 0 Å². The fraction of sp³-hybridized carbons (Fsp3) is 0.125. The van der Waals surface area contributed by atoms with Crippen molar-refractivity contribution in [1.82, 2.24) is 0 Å². The SMILES string of the molecule is Clc1ccc2oc(-c3ccc4c(c3)NCC4)cc2c1. The minimum absolute atomic E-state index is 0.732. The van der Waals surface area contributed by atoms with E-state index in [-0.39, 0.29) is 0 Å². The molecule has 0 aliphatic carbocycles. The van der Waals surface area contributed by atoms with Crippen LogP contribution in [0.5, 0.6) is 0 Å². The minimum atomic E-state index is 0.732. The number of hydrogen-bond acceptors (Lipinski definition) is 2. The van der Waals surface area contributed by atoms with E-state index in [9.17, 15) is 0 Å². The van der Waals surface area contributed by atoms with Gasteiger partial charge < -0.3 is 9.73 Å². The third-order valence-electron chi connectivity index (χ3n) is 3.58. The van der Waals surface area contributed by atoms with Gasteiger partial charge in [0.2, 0.25) is 0 Å². The highest BCUT2D eigenvalue weighted by Gasteiger charge is 2.13. The monoisotopic (exact) mass is 269 g/mol. The summed E-state index contributed by atoms with van der Waals surface area (Å²) in [6.07, 6.45) is 1.10. The lowest BCUT2D eigenvalue weighted by atomic mass is 10.1. The lowest BCUT2D eigenvalue weighted by Crippen LogP contribution is -1.90. The van der Waals surface area contributed by atoms with Gasteiger partial charge in [0.15, 0.2) is 0 Å². The van der Waals surface area contributed by atoms with Crippen LogP contribution in [-0.4, -0.2) is 6.54 Å². The lowest BCUT2D eigenvalue weighted by molar-refractivity contribution is 0.631. The number of anilines is 1. The second-order valence-electron chi connectivity index (χ2n) is 4.84. The summed E-state index contributed by atoms with van der Waals surface area (Å²) < 4.78 is 5.88. The van der Waals surface area contributed by atoms with Gasteiger partial charge in [0.1, 0.15) is 11.3 Å². The molecule has 2 aromatic carbocycles. The minimum Gasteiger partial charge on any atom is -0.456 e. The number of nitrogens with one attached hydrogen (secondary N) is 1. The highest BCUT2D eigenvalue weighted by atomic mass is 35.5. The van der Waals surface area contributed by atoms with E-state index in [1.54, 1.807) is 0 Å². The van der Waals surface area contributed by atoms with Gasteiger partial charge in [-0.1, -0.05) is 23.7 Å². The molecule has 0 radical (unpaired) electrons. The maximum absolute atomic E-state index is 6.00. The van der Waals surface area contributed by atoms with Gasteiger partial charge in [-0.15, -0.1) is 0 Å². The van der Waals surface area contributed by atoms with Gasteiger partial charge in [-0.3, -0.25) is 0 Å². The molecule has 3 heteroatoms. The van der Waals surface area contributed by atoms with E-state index in [1.165, 1.54) is 11.3 Å². The standard InChI is InChI=1S/C16H12ClNO/c17-13-3-4-15-12(7-13)9-16(19-15)11-2-1-10-5-6-18-14(10)8-11/h1-4,7-9,18H,5-6H2. The van der Waals surface area contributed by atoms with E-state index in [0.717, 1.165) is 40.3 Å². The van der Waals surface area contributed by atoms with Crippen LogP contribution in [-0.2, 0) is 6.42 Å². The summed E-state index contributed by atoms with van der Waals surface area (Å²) in [5.41, 5.74) is 4.56. The van der Waals surface area contributed by atoms with Gasteiger partial charge in [0, 0.05) is 28.2 Å². The van der Waals surface area contributed by atoms with E-state index < -0.39 is 0 Å². The molecule has 1 aromatic heterocycles. The molecule has 0 spiro atoms. The van der Waals surface area contributed by atoms with Crippen molar-refractivity contribution in [2.45, 2.75) is 6.42 Å². The molecule has 0 amide bonds. The maximum Gasteiger partial charge on any atom is 0.135 e. The molecule has 0 saturated heterocycles. The normalized spacial score (nSPS) is 13.5. The molecule has 2 heterocycles. The van der Waals surface area contributed by atoms with Crippen molar-refractivity contribution in [2.75, 3.05) is 11.9 Å². The van der Waals surface area contributed by atoms with Crippen molar-refractivity contribution in [3.05, 3.63) is 53.1 Å². The first-order valence-corrected chi connectivity index (χ1v) is 6.74. The molecular weight excluding hydrogens is 258 g/mol. The van der Waals surface area contributed by atoms with Crippen LogP contribution in [0.2, 0.25) is 5.02 Å². The smallest absolute Gasteiger partial charge is 0.135 e. The zero-order chi connectivity index (χ0) is 12.8. The van der Waals surface area contributed by atoms with Crippen molar-refractivity contribution in [2.24, 2.45) is 0 Å². The van der Waals surface area contributed by atoms with Crippen molar-refractivity contribution in [1.29, 1.82) is 0 Å². The summed E-state index contributed by atoms with van der Waals surface area (Å²) in [5, 5.41) is 5.16. The van der Waals surface area contributed by atoms with E-state index in [4.69, 9.17) is 16.0 Å². The Morgan fingerprint density at radius 3 is 2.95 bits per heavy atom. The Kier molecular flexibility index (Phi) is 2.32. The molecule has 0 atom stereocenters. The zero-order valence-electron chi connectivity index (χ0n) is 10.2. The molecule has 1 N–H and O–H groups in total. The first kappa shape index (κ1) is 10.9. The van der Waals surface area contributed by atoms with Crippen molar-refractivity contribution < 1.29 is 4.42 Å². The molecule has 0 bridgehead atoms. The predicted molar refractivity (Wildman–Crippen MR) is 78.9 cm³/mol. The summed E-state index contributed by atoms with van der Waals surface area (Å²) in [6.45, 7) is 1.02.